The summed E-state index contributed by atoms with van der Waals surface area (Å²) in [4.78, 5) is 26.5. The van der Waals surface area contributed by atoms with Crippen molar-refractivity contribution in [1.29, 1.82) is 0 Å². The molecule has 0 atom stereocenters. The summed E-state index contributed by atoms with van der Waals surface area (Å²) in [5.41, 5.74) is 3.54. The number of aryl methyl sites for hydroxylation is 2. The van der Waals surface area contributed by atoms with Gasteiger partial charge in [0.1, 0.15) is 5.70 Å². The molecule has 5 heteroatoms. The van der Waals surface area contributed by atoms with Crippen LogP contribution in [0, 0.1) is 6.92 Å². The van der Waals surface area contributed by atoms with Crippen molar-refractivity contribution < 1.29 is 9.59 Å². The molecule has 2 amide bonds. The molecular weight excluding hydrogens is 368 g/mol. The quantitative estimate of drug-likeness (QED) is 0.580. The minimum Gasteiger partial charge on any atom is -0.320 e. The van der Waals surface area contributed by atoms with Crippen molar-refractivity contribution in [3.05, 3.63) is 93.3 Å². The number of rotatable bonds is 6. The van der Waals surface area contributed by atoms with Crippen LogP contribution in [0.3, 0.4) is 0 Å². The molecule has 1 heterocycles. The van der Waals surface area contributed by atoms with Crippen LogP contribution in [-0.4, -0.2) is 11.8 Å². The van der Waals surface area contributed by atoms with E-state index in [9.17, 15) is 9.59 Å². The number of hydrogen-bond donors (Lipinski definition) is 2. The Morgan fingerprint density at radius 2 is 1.79 bits per heavy atom. The summed E-state index contributed by atoms with van der Waals surface area (Å²) >= 11 is 1.50. The van der Waals surface area contributed by atoms with E-state index < -0.39 is 0 Å². The molecule has 0 aliphatic rings. The Kier molecular flexibility index (Phi) is 6.40. The fourth-order valence-corrected chi connectivity index (χ4v) is 3.50. The van der Waals surface area contributed by atoms with Gasteiger partial charge in [-0.15, -0.1) is 11.3 Å². The van der Waals surface area contributed by atoms with Gasteiger partial charge in [-0.3, -0.25) is 9.59 Å². The van der Waals surface area contributed by atoms with Crippen molar-refractivity contribution in [2.24, 2.45) is 0 Å². The molecule has 0 radical (unpaired) electrons. The normalized spacial score (nSPS) is 11.1. The topological polar surface area (TPSA) is 58.2 Å². The molecule has 0 saturated carbocycles. The van der Waals surface area contributed by atoms with Crippen molar-refractivity contribution in [1.82, 2.24) is 5.32 Å². The monoisotopic (exact) mass is 390 g/mol. The highest BCUT2D eigenvalue weighted by molar-refractivity contribution is 7.10. The average Bonchev–Trinajstić information content (AvgIpc) is 3.22. The maximum absolute atomic E-state index is 13.0. The fourth-order valence-electron chi connectivity index (χ4n) is 2.84. The third kappa shape index (κ3) is 4.75. The van der Waals surface area contributed by atoms with Crippen LogP contribution in [0.5, 0.6) is 0 Å². The van der Waals surface area contributed by atoms with E-state index in [1.54, 1.807) is 30.3 Å². The summed E-state index contributed by atoms with van der Waals surface area (Å²) < 4.78 is 0. The van der Waals surface area contributed by atoms with Gasteiger partial charge < -0.3 is 10.6 Å². The first kappa shape index (κ1) is 19.6. The van der Waals surface area contributed by atoms with Crippen molar-refractivity contribution in [3.63, 3.8) is 0 Å². The van der Waals surface area contributed by atoms with Gasteiger partial charge in [0.05, 0.1) is 0 Å². The number of amides is 2. The van der Waals surface area contributed by atoms with Gasteiger partial charge in [0, 0.05) is 16.1 Å². The maximum atomic E-state index is 13.0. The predicted molar refractivity (Wildman–Crippen MR) is 115 cm³/mol. The molecule has 0 aliphatic heterocycles. The third-order valence-corrected chi connectivity index (χ3v) is 5.16. The first-order valence-electron chi connectivity index (χ1n) is 9.10. The van der Waals surface area contributed by atoms with Gasteiger partial charge in [-0.05, 0) is 54.1 Å². The molecule has 0 bridgehead atoms. The molecule has 1 aromatic heterocycles. The van der Waals surface area contributed by atoms with E-state index in [0.29, 0.717) is 5.56 Å². The Labute approximate surface area is 168 Å². The number of anilines is 1. The second-order valence-corrected chi connectivity index (χ2v) is 7.29. The number of nitrogens with one attached hydrogen (secondary N) is 2. The van der Waals surface area contributed by atoms with Crippen molar-refractivity contribution in [2.75, 3.05) is 5.32 Å². The number of hydrogen-bond acceptors (Lipinski definition) is 3. The van der Waals surface area contributed by atoms with E-state index in [0.717, 1.165) is 28.1 Å². The van der Waals surface area contributed by atoms with E-state index in [4.69, 9.17) is 0 Å². The van der Waals surface area contributed by atoms with E-state index >= 15 is 0 Å². The average molecular weight is 391 g/mol. The van der Waals surface area contributed by atoms with Gasteiger partial charge in [0.15, 0.2) is 0 Å². The molecule has 2 aromatic carbocycles. The molecule has 0 saturated heterocycles. The number of para-hydroxylation sites is 1. The van der Waals surface area contributed by atoms with Gasteiger partial charge in [-0.1, -0.05) is 49.4 Å². The largest absolute Gasteiger partial charge is 0.320 e. The Hall–Kier alpha value is -3.18. The zero-order chi connectivity index (χ0) is 19.9. The van der Waals surface area contributed by atoms with Gasteiger partial charge in [-0.2, -0.15) is 0 Å². The van der Waals surface area contributed by atoms with Crippen LogP contribution in [-0.2, 0) is 11.2 Å². The molecule has 3 aromatic rings. The lowest BCUT2D eigenvalue weighted by molar-refractivity contribution is -0.113. The lowest BCUT2D eigenvalue weighted by Gasteiger charge is -2.15. The fraction of sp³-hybridized carbons (Fsp3) is 0.130. The Morgan fingerprint density at radius 1 is 1.00 bits per heavy atom. The number of carbonyl (C=O) groups excluding carboxylic acids is 2. The van der Waals surface area contributed by atoms with Gasteiger partial charge in [0.25, 0.3) is 11.8 Å². The van der Waals surface area contributed by atoms with Crippen LogP contribution in [0.1, 0.15) is 33.3 Å². The first-order valence-corrected chi connectivity index (χ1v) is 9.98. The van der Waals surface area contributed by atoms with Crippen molar-refractivity contribution >= 4 is 34.9 Å². The van der Waals surface area contributed by atoms with Crippen LogP contribution in [0.25, 0.3) is 6.08 Å². The molecule has 142 valence electrons. The predicted octanol–water partition coefficient (Wildman–Crippen LogP) is 5.03. The van der Waals surface area contributed by atoms with E-state index in [1.807, 2.05) is 55.6 Å². The standard InChI is InChI=1S/C23H22N2O2S/c1-3-17-12-7-9-16(2)21(17)25-23(27)20(15-19-13-8-14-28-19)24-22(26)18-10-5-4-6-11-18/h4-15H,3H2,1-2H3,(H,24,26)(H,25,27)/b20-15-. The van der Waals surface area contributed by atoms with Gasteiger partial charge in [-0.25, -0.2) is 0 Å². The molecule has 0 fully saturated rings. The maximum Gasteiger partial charge on any atom is 0.272 e. The summed E-state index contributed by atoms with van der Waals surface area (Å²) in [5.74, 6) is -0.666. The van der Waals surface area contributed by atoms with Crippen LogP contribution >= 0.6 is 11.3 Å². The Balaban J connectivity index is 1.89. The van der Waals surface area contributed by atoms with Gasteiger partial charge >= 0.3 is 0 Å². The molecule has 0 unspecified atom stereocenters. The molecule has 4 nitrogen and oxygen atoms in total. The second-order valence-electron chi connectivity index (χ2n) is 6.31. The highest BCUT2D eigenvalue weighted by atomic mass is 32.1. The smallest absolute Gasteiger partial charge is 0.272 e. The van der Waals surface area contributed by atoms with Crippen LogP contribution in [0.4, 0.5) is 5.69 Å². The van der Waals surface area contributed by atoms with Crippen molar-refractivity contribution in [3.8, 4) is 0 Å². The van der Waals surface area contributed by atoms with Crippen molar-refractivity contribution in [2.45, 2.75) is 20.3 Å². The van der Waals surface area contributed by atoms with E-state index in [2.05, 4.69) is 10.6 Å². The minimum absolute atomic E-state index is 0.210. The summed E-state index contributed by atoms with van der Waals surface area (Å²) in [6.07, 6.45) is 2.50. The van der Waals surface area contributed by atoms with Crippen LogP contribution in [0.15, 0.2) is 71.7 Å². The molecule has 0 aliphatic carbocycles. The van der Waals surface area contributed by atoms with Crippen LogP contribution in [0.2, 0.25) is 0 Å². The molecule has 28 heavy (non-hydrogen) atoms. The molecule has 0 spiro atoms. The summed E-state index contributed by atoms with van der Waals surface area (Å²) in [6, 6.07) is 18.6. The zero-order valence-electron chi connectivity index (χ0n) is 15.9. The van der Waals surface area contributed by atoms with E-state index in [-0.39, 0.29) is 17.5 Å². The molecular formula is C23H22N2O2S. The SMILES string of the molecule is CCc1cccc(C)c1NC(=O)/C(=C/c1cccs1)NC(=O)c1ccccc1. The molecule has 2 N–H and O–H groups in total. The number of carbonyl (C=O) groups is 2. The second kappa shape index (κ2) is 9.15. The lowest BCUT2D eigenvalue weighted by Crippen LogP contribution is -2.31. The summed E-state index contributed by atoms with van der Waals surface area (Å²) in [6.45, 7) is 4.00. The van der Waals surface area contributed by atoms with Gasteiger partial charge in [0.2, 0.25) is 0 Å². The number of thiophene rings is 1. The number of benzene rings is 2. The van der Waals surface area contributed by atoms with E-state index in [1.165, 1.54) is 11.3 Å². The lowest BCUT2D eigenvalue weighted by atomic mass is 10.1. The summed E-state index contributed by atoms with van der Waals surface area (Å²) in [7, 11) is 0. The Bertz CT molecular complexity index is 993. The third-order valence-electron chi connectivity index (χ3n) is 4.34. The summed E-state index contributed by atoms with van der Waals surface area (Å²) in [5, 5.41) is 7.67. The highest BCUT2D eigenvalue weighted by Gasteiger charge is 2.17. The molecule has 3 rings (SSSR count). The first-order chi connectivity index (χ1) is 13.6. The Morgan fingerprint density at radius 3 is 2.46 bits per heavy atom. The van der Waals surface area contributed by atoms with Crippen LogP contribution < -0.4 is 10.6 Å². The highest BCUT2D eigenvalue weighted by Crippen LogP contribution is 2.22. The minimum atomic E-state index is -0.346. The zero-order valence-corrected chi connectivity index (χ0v) is 16.7.